The Bertz CT molecular complexity index is 1030. The Balaban J connectivity index is 1.72. The van der Waals surface area contributed by atoms with Gasteiger partial charge in [0, 0.05) is 36.5 Å². The summed E-state index contributed by atoms with van der Waals surface area (Å²) in [5.74, 6) is 0.162. The summed E-state index contributed by atoms with van der Waals surface area (Å²) in [5, 5.41) is 14.0. The molecule has 0 radical (unpaired) electrons. The lowest BCUT2D eigenvalue weighted by atomic mass is 9.99. The van der Waals surface area contributed by atoms with E-state index in [4.69, 9.17) is 9.84 Å². The van der Waals surface area contributed by atoms with E-state index in [0.717, 1.165) is 37.2 Å². The van der Waals surface area contributed by atoms with Gasteiger partial charge in [0.25, 0.3) is 0 Å². The first-order chi connectivity index (χ1) is 14.2. The summed E-state index contributed by atoms with van der Waals surface area (Å²) in [6.45, 7) is 2.29. The summed E-state index contributed by atoms with van der Waals surface area (Å²) in [6.07, 6.45) is 3.90. The zero-order valence-electron chi connectivity index (χ0n) is 16.4. The monoisotopic (exact) mass is 390 g/mol. The molecule has 0 amide bonds. The maximum absolute atomic E-state index is 14.8. The number of halogens is 1. The molecule has 0 saturated carbocycles. The van der Waals surface area contributed by atoms with Crippen LogP contribution in [0.4, 0.5) is 4.39 Å². The van der Waals surface area contributed by atoms with Gasteiger partial charge >= 0.3 is 0 Å². The number of aromatic nitrogens is 2. The van der Waals surface area contributed by atoms with Gasteiger partial charge in [-0.3, -0.25) is 4.90 Å². The molecule has 6 heteroatoms. The lowest BCUT2D eigenvalue weighted by molar-refractivity contribution is 0.192. The van der Waals surface area contributed by atoms with E-state index < -0.39 is 0 Å². The molecule has 0 N–H and O–H groups in total. The summed E-state index contributed by atoms with van der Waals surface area (Å²) in [5.41, 5.74) is 2.93. The van der Waals surface area contributed by atoms with E-state index in [1.54, 1.807) is 16.8 Å². The van der Waals surface area contributed by atoms with Gasteiger partial charge in [-0.1, -0.05) is 18.2 Å². The van der Waals surface area contributed by atoms with Crippen LogP contribution in [0, 0.1) is 23.1 Å². The molecule has 5 nitrogen and oxygen atoms in total. The number of ether oxygens (including phenoxy) is 1. The quantitative estimate of drug-likeness (QED) is 0.647. The second-order valence-corrected chi connectivity index (χ2v) is 7.33. The van der Waals surface area contributed by atoms with Gasteiger partial charge in [0.15, 0.2) is 0 Å². The fourth-order valence-corrected chi connectivity index (χ4v) is 3.83. The number of para-hydroxylation sites is 1. The van der Waals surface area contributed by atoms with Crippen molar-refractivity contribution in [3.8, 4) is 28.8 Å². The average Bonchev–Trinajstić information content (AvgIpc) is 3.17. The third-order valence-corrected chi connectivity index (χ3v) is 5.32. The molecule has 1 unspecified atom stereocenters. The number of hydrogen-bond donors (Lipinski definition) is 0. The van der Waals surface area contributed by atoms with Crippen molar-refractivity contribution in [3.05, 3.63) is 66.1 Å². The lowest BCUT2D eigenvalue weighted by Crippen LogP contribution is -2.34. The van der Waals surface area contributed by atoms with Gasteiger partial charge in [-0.05, 0) is 43.7 Å². The number of rotatable bonds is 5. The van der Waals surface area contributed by atoms with Crippen molar-refractivity contribution < 1.29 is 9.13 Å². The minimum absolute atomic E-state index is 0.0501. The molecule has 1 atom stereocenters. The number of piperidine rings is 1. The highest BCUT2D eigenvalue weighted by atomic mass is 19.1. The molecule has 1 aliphatic rings. The molecule has 0 bridgehead atoms. The normalized spacial score (nSPS) is 17.1. The van der Waals surface area contributed by atoms with Gasteiger partial charge in [0.05, 0.1) is 24.8 Å². The topological polar surface area (TPSA) is 54.1 Å². The van der Waals surface area contributed by atoms with Crippen molar-refractivity contribution in [2.75, 3.05) is 20.2 Å². The minimum Gasteiger partial charge on any atom is -0.497 e. The molecule has 1 fully saturated rings. The highest BCUT2D eigenvalue weighted by Gasteiger charge is 2.23. The summed E-state index contributed by atoms with van der Waals surface area (Å²) in [4.78, 5) is 2.26. The smallest absolute Gasteiger partial charge is 0.136 e. The second-order valence-electron chi connectivity index (χ2n) is 7.33. The second kappa shape index (κ2) is 8.46. The fourth-order valence-electron chi connectivity index (χ4n) is 3.83. The summed E-state index contributed by atoms with van der Waals surface area (Å²) in [7, 11) is 1.52. The Morgan fingerprint density at radius 1 is 1.24 bits per heavy atom. The van der Waals surface area contributed by atoms with Crippen LogP contribution >= 0.6 is 0 Å². The minimum atomic E-state index is -0.363. The highest BCUT2D eigenvalue weighted by molar-refractivity contribution is 5.65. The molecule has 29 heavy (non-hydrogen) atoms. The molecule has 2 aromatic carbocycles. The number of hydrogen-bond acceptors (Lipinski definition) is 4. The number of likely N-dealkylation sites (tertiary alicyclic amines) is 1. The standard InChI is InChI=1S/C23H23FN4O/c1-29-20-9-10-21(22(24)12-20)23-18(15-27-11-5-6-17(13-25)14-27)16-28(26-23)19-7-3-2-4-8-19/h2-4,7-10,12,16-17H,5-6,11,14-15H2,1H3. The molecule has 4 rings (SSSR count). The van der Waals surface area contributed by atoms with Gasteiger partial charge in [-0.2, -0.15) is 10.4 Å². The van der Waals surface area contributed by atoms with Crippen LogP contribution in [0.2, 0.25) is 0 Å². The maximum Gasteiger partial charge on any atom is 0.136 e. The van der Waals surface area contributed by atoms with E-state index >= 15 is 0 Å². The third-order valence-electron chi connectivity index (χ3n) is 5.32. The zero-order valence-corrected chi connectivity index (χ0v) is 16.4. The van der Waals surface area contributed by atoms with E-state index in [-0.39, 0.29) is 11.7 Å². The van der Waals surface area contributed by atoms with Crippen LogP contribution in [-0.4, -0.2) is 34.9 Å². The van der Waals surface area contributed by atoms with E-state index in [2.05, 4.69) is 11.0 Å². The predicted molar refractivity (Wildman–Crippen MR) is 109 cm³/mol. The van der Waals surface area contributed by atoms with Gasteiger partial charge in [0.1, 0.15) is 17.3 Å². The van der Waals surface area contributed by atoms with Gasteiger partial charge in [-0.25, -0.2) is 9.07 Å². The summed E-state index contributed by atoms with van der Waals surface area (Å²) >= 11 is 0. The molecule has 3 aromatic rings. The van der Waals surface area contributed by atoms with Crippen molar-refractivity contribution in [1.29, 1.82) is 5.26 Å². The van der Waals surface area contributed by atoms with Crippen LogP contribution in [-0.2, 0) is 6.54 Å². The van der Waals surface area contributed by atoms with Gasteiger partial charge in [-0.15, -0.1) is 0 Å². The van der Waals surface area contributed by atoms with Crippen LogP contribution in [0.1, 0.15) is 18.4 Å². The molecule has 2 heterocycles. The first-order valence-corrected chi connectivity index (χ1v) is 9.78. The van der Waals surface area contributed by atoms with Crippen molar-refractivity contribution >= 4 is 0 Å². The Morgan fingerprint density at radius 3 is 2.79 bits per heavy atom. The SMILES string of the molecule is COc1ccc(-c2nn(-c3ccccc3)cc2CN2CCCC(C#N)C2)c(F)c1. The molecular formula is C23H23FN4O. The van der Waals surface area contributed by atoms with E-state index in [1.165, 1.54) is 13.2 Å². The largest absolute Gasteiger partial charge is 0.497 e. The summed E-state index contributed by atoms with van der Waals surface area (Å²) < 4.78 is 21.7. The summed E-state index contributed by atoms with van der Waals surface area (Å²) in [6, 6.07) is 17.0. The zero-order chi connectivity index (χ0) is 20.2. The maximum atomic E-state index is 14.8. The molecule has 1 aliphatic heterocycles. The van der Waals surface area contributed by atoms with Crippen LogP contribution in [0.3, 0.4) is 0 Å². The number of nitrogens with zero attached hydrogens (tertiary/aromatic N) is 4. The van der Waals surface area contributed by atoms with Crippen molar-refractivity contribution in [1.82, 2.24) is 14.7 Å². The van der Waals surface area contributed by atoms with E-state index in [1.807, 2.05) is 36.5 Å². The number of benzene rings is 2. The first kappa shape index (κ1) is 19.2. The first-order valence-electron chi connectivity index (χ1n) is 9.78. The molecule has 1 aromatic heterocycles. The third kappa shape index (κ3) is 4.15. The number of methoxy groups -OCH3 is 1. The van der Waals surface area contributed by atoms with Gasteiger partial charge < -0.3 is 4.74 Å². The lowest BCUT2D eigenvalue weighted by Gasteiger charge is -2.29. The van der Waals surface area contributed by atoms with Crippen LogP contribution in [0.25, 0.3) is 16.9 Å². The van der Waals surface area contributed by atoms with Crippen molar-refractivity contribution in [2.24, 2.45) is 5.92 Å². The number of nitriles is 1. The van der Waals surface area contributed by atoms with Crippen LogP contribution in [0.15, 0.2) is 54.7 Å². The molecule has 1 saturated heterocycles. The van der Waals surface area contributed by atoms with Crippen LogP contribution in [0.5, 0.6) is 5.75 Å². The van der Waals surface area contributed by atoms with Crippen molar-refractivity contribution in [2.45, 2.75) is 19.4 Å². The predicted octanol–water partition coefficient (Wildman–Crippen LogP) is 4.42. The fraction of sp³-hybridized carbons (Fsp3) is 0.304. The molecule has 0 spiro atoms. The van der Waals surface area contributed by atoms with Crippen LogP contribution < -0.4 is 4.74 Å². The highest BCUT2D eigenvalue weighted by Crippen LogP contribution is 2.30. The average molecular weight is 390 g/mol. The molecule has 148 valence electrons. The van der Waals surface area contributed by atoms with Crippen molar-refractivity contribution in [3.63, 3.8) is 0 Å². The molecule has 0 aliphatic carbocycles. The Kier molecular flexibility index (Phi) is 5.59. The Hall–Kier alpha value is -3.17. The molecular weight excluding hydrogens is 367 g/mol. The van der Waals surface area contributed by atoms with E-state index in [0.29, 0.717) is 23.6 Å². The Morgan fingerprint density at radius 2 is 2.07 bits per heavy atom. The Labute approximate surface area is 169 Å². The van der Waals surface area contributed by atoms with E-state index in [9.17, 15) is 9.65 Å². The van der Waals surface area contributed by atoms with Gasteiger partial charge in [0.2, 0.25) is 0 Å².